The Morgan fingerprint density at radius 1 is 1.50 bits per heavy atom. The lowest BCUT2D eigenvalue weighted by atomic mass is 9.99. The molecular formula is C18H21N3O2S. The lowest BCUT2D eigenvalue weighted by Crippen LogP contribution is -2.37. The average Bonchev–Trinajstić information content (AvgIpc) is 3.23. The Balaban J connectivity index is 1.72. The molecule has 0 unspecified atom stereocenters. The molecular weight excluding hydrogens is 322 g/mol. The molecule has 0 amide bonds. The summed E-state index contributed by atoms with van der Waals surface area (Å²) >= 11 is 1.50. The minimum absolute atomic E-state index is 0.0837. The van der Waals surface area contributed by atoms with Crippen LogP contribution in [-0.2, 0) is 0 Å². The molecule has 126 valence electrons. The summed E-state index contributed by atoms with van der Waals surface area (Å²) in [6.45, 7) is 6.54. The first-order valence-electron chi connectivity index (χ1n) is 8.43. The molecule has 4 rings (SSSR count). The number of nitrogens with zero attached hydrogens (tertiary/aromatic N) is 2. The second kappa shape index (κ2) is 6.18. The molecule has 2 atom stereocenters. The van der Waals surface area contributed by atoms with Crippen molar-refractivity contribution in [1.29, 1.82) is 0 Å². The minimum atomic E-state index is -0.0837. The molecule has 0 aliphatic carbocycles. The smallest absolute Gasteiger partial charge is 0.260 e. The maximum absolute atomic E-state index is 12.7. The topological polar surface area (TPSA) is 62.1 Å². The van der Waals surface area contributed by atoms with Crippen LogP contribution in [0, 0.1) is 5.92 Å². The van der Waals surface area contributed by atoms with E-state index in [0.717, 1.165) is 29.3 Å². The van der Waals surface area contributed by atoms with Crippen LogP contribution in [0.2, 0.25) is 0 Å². The van der Waals surface area contributed by atoms with Crippen molar-refractivity contribution in [1.82, 2.24) is 14.9 Å². The highest BCUT2D eigenvalue weighted by atomic mass is 32.1. The van der Waals surface area contributed by atoms with Crippen LogP contribution in [0.1, 0.15) is 38.6 Å². The van der Waals surface area contributed by atoms with Crippen LogP contribution >= 0.6 is 11.3 Å². The van der Waals surface area contributed by atoms with Crippen LogP contribution in [-0.4, -0.2) is 28.0 Å². The van der Waals surface area contributed by atoms with Gasteiger partial charge in [0.1, 0.15) is 16.4 Å². The summed E-state index contributed by atoms with van der Waals surface area (Å²) in [6, 6.07) is 3.82. The summed E-state index contributed by atoms with van der Waals surface area (Å²) in [5.41, 5.74) is 0.735. The monoisotopic (exact) mass is 343 g/mol. The number of fused-ring (bicyclic) bond motifs is 1. The van der Waals surface area contributed by atoms with Gasteiger partial charge in [0.05, 0.1) is 17.7 Å². The zero-order valence-electron chi connectivity index (χ0n) is 13.9. The van der Waals surface area contributed by atoms with Crippen LogP contribution in [0.4, 0.5) is 0 Å². The highest BCUT2D eigenvalue weighted by Gasteiger charge is 2.24. The molecule has 6 heteroatoms. The Kier molecular flexibility index (Phi) is 4.02. The quantitative estimate of drug-likeness (QED) is 0.780. The van der Waals surface area contributed by atoms with Crippen LogP contribution in [0.3, 0.4) is 0 Å². The maximum Gasteiger partial charge on any atom is 0.260 e. The number of hydrogen-bond acceptors (Lipinski definition) is 5. The second-order valence-corrected chi connectivity index (χ2v) is 7.53. The first kappa shape index (κ1) is 15.6. The third-order valence-corrected chi connectivity index (χ3v) is 5.75. The first-order valence-corrected chi connectivity index (χ1v) is 9.31. The summed E-state index contributed by atoms with van der Waals surface area (Å²) in [6.07, 6.45) is 4.11. The fraction of sp³-hybridized carbons (Fsp3) is 0.444. The van der Waals surface area contributed by atoms with E-state index in [-0.39, 0.29) is 11.6 Å². The Hall–Kier alpha value is -1.92. The molecule has 0 saturated carbocycles. The third-order valence-electron chi connectivity index (χ3n) is 4.88. The Morgan fingerprint density at radius 3 is 3.12 bits per heavy atom. The number of hydrogen-bond donors (Lipinski definition) is 1. The van der Waals surface area contributed by atoms with E-state index in [1.54, 1.807) is 6.26 Å². The largest absolute Gasteiger partial charge is 0.464 e. The SMILES string of the molecule is C[C@H]1CCCN([C@@H](C)c2nc3scc(-c4ccco4)c3c(=O)[nH]2)C1. The van der Waals surface area contributed by atoms with Gasteiger partial charge in [0.25, 0.3) is 5.56 Å². The lowest BCUT2D eigenvalue weighted by molar-refractivity contribution is 0.134. The number of furan rings is 1. The van der Waals surface area contributed by atoms with Crippen LogP contribution in [0.15, 0.2) is 33.0 Å². The van der Waals surface area contributed by atoms with Gasteiger partial charge in [-0.2, -0.15) is 0 Å². The van der Waals surface area contributed by atoms with Crippen molar-refractivity contribution < 1.29 is 4.42 Å². The summed E-state index contributed by atoms with van der Waals surface area (Å²) in [5.74, 6) is 2.16. The van der Waals surface area contributed by atoms with Crippen molar-refractivity contribution in [3.05, 3.63) is 40.0 Å². The molecule has 0 aromatic carbocycles. The normalized spacial score (nSPS) is 20.5. The third kappa shape index (κ3) is 2.70. The van der Waals surface area contributed by atoms with E-state index >= 15 is 0 Å². The molecule has 1 N–H and O–H groups in total. The van der Waals surface area contributed by atoms with E-state index in [0.29, 0.717) is 17.1 Å². The molecule has 24 heavy (non-hydrogen) atoms. The highest BCUT2D eigenvalue weighted by molar-refractivity contribution is 7.17. The number of rotatable bonds is 3. The fourth-order valence-corrected chi connectivity index (χ4v) is 4.46. The van der Waals surface area contributed by atoms with Gasteiger partial charge in [0.2, 0.25) is 0 Å². The molecule has 4 heterocycles. The van der Waals surface area contributed by atoms with Gasteiger partial charge in [0, 0.05) is 17.5 Å². The van der Waals surface area contributed by atoms with Crippen LogP contribution < -0.4 is 5.56 Å². The van der Waals surface area contributed by atoms with Gasteiger partial charge in [-0.3, -0.25) is 9.69 Å². The first-order chi connectivity index (χ1) is 11.6. The number of thiophene rings is 1. The molecule has 1 fully saturated rings. The number of nitrogens with one attached hydrogen (secondary N) is 1. The standard InChI is InChI=1S/C18H21N3O2S/c1-11-5-3-7-21(9-11)12(2)16-19-17(22)15-13(10-24-18(15)20-16)14-6-4-8-23-14/h4,6,8,10-12H,3,5,7,9H2,1-2H3,(H,19,20,22)/t11-,12-/m0/s1. The molecule has 0 spiro atoms. The summed E-state index contributed by atoms with van der Waals surface area (Å²) in [4.78, 5) is 23.6. The molecule has 1 aliphatic rings. The molecule has 3 aromatic rings. The second-order valence-electron chi connectivity index (χ2n) is 6.68. The molecule has 3 aromatic heterocycles. The number of aromatic nitrogens is 2. The van der Waals surface area contributed by atoms with Gasteiger partial charge in [-0.1, -0.05) is 6.92 Å². The van der Waals surface area contributed by atoms with Crippen LogP contribution in [0.5, 0.6) is 0 Å². The van der Waals surface area contributed by atoms with Crippen molar-refractivity contribution in [3.63, 3.8) is 0 Å². The van der Waals surface area contributed by atoms with Gasteiger partial charge in [-0.25, -0.2) is 4.98 Å². The molecule has 5 nitrogen and oxygen atoms in total. The van der Waals surface area contributed by atoms with Gasteiger partial charge >= 0.3 is 0 Å². The zero-order valence-corrected chi connectivity index (χ0v) is 14.7. The van der Waals surface area contributed by atoms with Crippen molar-refractivity contribution in [2.45, 2.75) is 32.7 Å². The molecule has 1 aliphatic heterocycles. The summed E-state index contributed by atoms with van der Waals surface area (Å²) < 4.78 is 5.44. The predicted molar refractivity (Wildman–Crippen MR) is 96.3 cm³/mol. The van der Waals surface area contributed by atoms with Crippen molar-refractivity contribution >= 4 is 21.6 Å². The summed E-state index contributed by atoms with van der Waals surface area (Å²) in [5, 5.41) is 2.57. The van der Waals surface area contributed by atoms with Gasteiger partial charge in [-0.15, -0.1) is 11.3 Å². The zero-order chi connectivity index (χ0) is 16.7. The van der Waals surface area contributed by atoms with Crippen molar-refractivity contribution in [2.24, 2.45) is 5.92 Å². The fourth-order valence-electron chi connectivity index (χ4n) is 3.53. The lowest BCUT2D eigenvalue weighted by Gasteiger charge is -2.34. The summed E-state index contributed by atoms with van der Waals surface area (Å²) in [7, 11) is 0. The van der Waals surface area contributed by atoms with E-state index in [9.17, 15) is 4.79 Å². The van der Waals surface area contributed by atoms with E-state index in [4.69, 9.17) is 9.40 Å². The van der Waals surface area contributed by atoms with E-state index in [1.807, 2.05) is 17.5 Å². The number of aromatic amines is 1. The molecule has 1 saturated heterocycles. The number of piperidine rings is 1. The van der Waals surface area contributed by atoms with Gasteiger partial charge in [-0.05, 0) is 44.4 Å². The van der Waals surface area contributed by atoms with E-state index < -0.39 is 0 Å². The van der Waals surface area contributed by atoms with Crippen molar-refractivity contribution in [2.75, 3.05) is 13.1 Å². The minimum Gasteiger partial charge on any atom is -0.464 e. The maximum atomic E-state index is 12.7. The Labute approximate surface area is 144 Å². The Bertz CT molecular complexity index is 897. The van der Waals surface area contributed by atoms with Gasteiger partial charge in [0.15, 0.2) is 0 Å². The highest BCUT2D eigenvalue weighted by Crippen LogP contribution is 2.32. The van der Waals surface area contributed by atoms with Crippen molar-refractivity contribution in [3.8, 4) is 11.3 Å². The van der Waals surface area contributed by atoms with Crippen LogP contribution in [0.25, 0.3) is 21.5 Å². The van der Waals surface area contributed by atoms with E-state index in [1.165, 1.54) is 24.2 Å². The van der Waals surface area contributed by atoms with Gasteiger partial charge < -0.3 is 9.40 Å². The Morgan fingerprint density at radius 2 is 2.38 bits per heavy atom. The van der Waals surface area contributed by atoms with E-state index in [2.05, 4.69) is 23.7 Å². The molecule has 0 bridgehead atoms. The number of likely N-dealkylation sites (tertiary alicyclic amines) is 1. The average molecular weight is 343 g/mol. The predicted octanol–water partition coefficient (Wildman–Crippen LogP) is 4.04. The number of H-pyrrole nitrogens is 1. The molecule has 0 radical (unpaired) electrons.